The van der Waals surface area contributed by atoms with Crippen LogP contribution in [0.4, 0.5) is 0 Å². The Balaban J connectivity index is 1.74. The van der Waals surface area contributed by atoms with E-state index in [2.05, 4.69) is 5.10 Å². The smallest absolute Gasteiger partial charge is 0.257 e. The van der Waals surface area contributed by atoms with E-state index in [1.165, 1.54) is 0 Å². The molecule has 0 bridgehead atoms. The van der Waals surface area contributed by atoms with Gasteiger partial charge in [-0.3, -0.25) is 9.48 Å². The van der Waals surface area contributed by atoms with Crippen LogP contribution in [0.15, 0.2) is 28.9 Å². The van der Waals surface area contributed by atoms with Crippen LogP contribution in [0.25, 0.3) is 0 Å². The van der Waals surface area contributed by atoms with Gasteiger partial charge in [-0.15, -0.1) is 0 Å². The van der Waals surface area contributed by atoms with E-state index in [0.29, 0.717) is 17.9 Å². The lowest BCUT2D eigenvalue weighted by Gasteiger charge is -2.16. The van der Waals surface area contributed by atoms with Gasteiger partial charge in [-0.2, -0.15) is 5.10 Å². The first kappa shape index (κ1) is 12.0. The van der Waals surface area contributed by atoms with Crippen molar-refractivity contribution in [3.63, 3.8) is 0 Å². The van der Waals surface area contributed by atoms with Gasteiger partial charge in [-0.25, -0.2) is 0 Å². The Hall–Kier alpha value is -2.04. The zero-order chi connectivity index (χ0) is 13.4. The van der Waals surface area contributed by atoms with Crippen LogP contribution < -0.4 is 0 Å². The molecule has 1 amide bonds. The molecule has 3 heterocycles. The fraction of sp³-hybridized carbons (Fsp3) is 0.429. The third-order valence-corrected chi connectivity index (χ3v) is 3.62. The SMILES string of the molecule is Cc1cc(C(=O)N2CCC(n3cccn3)C2)c(C)o1. The minimum atomic E-state index is 0.0593. The second-order valence-electron chi connectivity index (χ2n) is 5.01. The number of amides is 1. The maximum atomic E-state index is 12.4. The summed E-state index contributed by atoms with van der Waals surface area (Å²) < 4.78 is 7.36. The molecule has 100 valence electrons. The number of aromatic nitrogens is 2. The zero-order valence-electron chi connectivity index (χ0n) is 11.2. The largest absolute Gasteiger partial charge is 0.466 e. The maximum absolute atomic E-state index is 12.4. The van der Waals surface area contributed by atoms with Gasteiger partial charge >= 0.3 is 0 Å². The molecule has 1 unspecified atom stereocenters. The van der Waals surface area contributed by atoms with Gasteiger partial charge in [-0.1, -0.05) is 0 Å². The predicted molar refractivity (Wildman–Crippen MR) is 70.0 cm³/mol. The molecule has 0 aromatic carbocycles. The molecule has 3 rings (SSSR count). The molecule has 19 heavy (non-hydrogen) atoms. The summed E-state index contributed by atoms with van der Waals surface area (Å²) in [4.78, 5) is 14.3. The van der Waals surface area contributed by atoms with Crippen molar-refractivity contribution in [1.82, 2.24) is 14.7 Å². The van der Waals surface area contributed by atoms with Crippen LogP contribution in [0.2, 0.25) is 0 Å². The van der Waals surface area contributed by atoms with Crippen LogP contribution in [-0.2, 0) is 0 Å². The fourth-order valence-electron chi connectivity index (χ4n) is 2.65. The number of aryl methyl sites for hydroxylation is 2. The molecule has 1 atom stereocenters. The second kappa shape index (κ2) is 4.57. The normalized spacial score (nSPS) is 19.1. The number of carbonyl (C=O) groups is 1. The first-order valence-electron chi connectivity index (χ1n) is 6.50. The van der Waals surface area contributed by atoms with Crippen LogP contribution in [0.1, 0.15) is 34.3 Å². The van der Waals surface area contributed by atoms with Crippen LogP contribution in [0, 0.1) is 13.8 Å². The predicted octanol–water partition coefficient (Wildman–Crippen LogP) is 2.18. The molecule has 0 radical (unpaired) electrons. The topological polar surface area (TPSA) is 51.3 Å². The number of hydrogen-bond donors (Lipinski definition) is 0. The van der Waals surface area contributed by atoms with Crippen molar-refractivity contribution in [3.05, 3.63) is 41.6 Å². The average Bonchev–Trinajstić information content (AvgIpc) is 3.06. The summed E-state index contributed by atoms with van der Waals surface area (Å²) in [6.45, 7) is 5.18. The van der Waals surface area contributed by atoms with Gasteiger partial charge in [0.15, 0.2) is 0 Å². The third kappa shape index (κ3) is 2.16. The fourth-order valence-corrected chi connectivity index (χ4v) is 2.65. The Morgan fingerprint density at radius 2 is 2.32 bits per heavy atom. The van der Waals surface area contributed by atoms with Crippen molar-refractivity contribution in [2.45, 2.75) is 26.3 Å². The second-order valence-corrected chi connectivity index (χ2v) is 5.01. The molecule has 0 spiro atoms. The minimum Gasteiger partial charge on any atom is -0.466 e. The van der Waals surface area contributed by atoms with Crippen molar-refractivity contribution in [3.8, 4) is 0 Å². The summed E-state index contributed by atoms with van der Waals surface area (Å²) in [6, 6.07) is 4.01. The molecule has 1 aliphatic heterocycles. The van der Waals surface area contributed by atoms with Gasteiger partial charge in [0.1, 0.15) is 11.5 Å². The van der Waals surface area contributed by atoms with Crippen molar-refractivity contribution < 1.29 is 9.21 Å². The highest BCUT2D eigenvalue weighted by atomic mass is 16.3. The number of furan rings is 1. The van der Waals surface area contributed by atoms with E-state index in [1.807, 2.05) is 41.8 Å². The van der Waals surface area contributed by atoms with Crippen LogP contribution in [0.3, 0.4) is 0 Å². The molecule has 2 aromatic heterocycles. The highest BCUT2D eigenvalue weighted by Crippen LogP contribution is 2.24. The molecule has 0 N–H and O–H groups in total. The van der Waals surface area contributed by atoms with Crippen molar-refractivity contribution >= 4 is 5.91 Å². The van der Waals surface area contributed by atoms with Gasteiger partial charge in [0.2, 0.25) is 0 Å². The van der Waals surface area contributed by atoms with E-state index >= 15 is 0 Å². The van der Waals surface area contributed by atoms with Gasteiger partial charge in [-0.05, 0) is 32.4 Å². The van der Waals surface area contributed by atoms with Gasteiger partial charge < -0.3 is 9.32 Å². The van der Waals surface area contributed by atoms with Gasteiger partial charge in [0.05, 0.1) is 11.6 Å². The molecule has 5 nitrogen and oxygen atoms in total. The lowest BCUT2D eigenvalue weighted by atomic mass is 10.2. The Morgan fingerprint density at radius 1 is 1.47 bits per heavy atom. The number of hydrogen-bond acceptors (Lipinski definition) is 3. The summed E-state index contributed by atoms with van der Waals surface area (Å²) in [5.41, 5.74) is 0.679. The van der Waals surface area contributed by atoms with E-state index in [-0.39, 0.29) is 11.9 Å². The lowest BCUT2D eigenvalue weighted by molar-refractivity contribution is 0.0785. The molecular formula is C14H17N3O2. The van der Waals surface area contributed by atoms with E-state index in [0.717, 1.165) is 18.7 Å². The van der Waals surface area contributed by atoms with Crippen molar-refractivity contribution in [1.29, 1.82) is 0 Å². The van der Waals surface area contributed by atoms with E-state index < -0.39 is 0 Å². The Labute approximate surface area is 111 Å². The molecular weight excluding hydrogens is 242 g/mol. The first-order chi connectivity index (χ1) is 9.15. The van der Waals surface area contributed by atoms with Crippen molar-refractivity contribution in [2.24, 2.45) is 0 Å². The quantitative estimate of drug-likeness (QED) is 0.830. The summed E-state index contributed by atoms with van der Waals surface area (Å²) in [5, 5.41) is 4.25. The van der Waals surface area contributed by atoms with Crippen LogP contribution >= 0.6 is 0 Å². The monoisotopic (exact) mass is 259 g/mol. The third-order valence-electron chi connectivity index (χ3n) is 3.62. The Morgan fingerprint density at radius 3 is 2.95 bits per heavy atom. The molecule has 1 fully saturated rings. The molecule has 0 aliphatic carbocycles. The minimum absolute atomic E-state index is 0.0593. The number of nitrogens with zero attached hydrogens (tertiary/aromatic N) is 3. The van der Waals surface area contributed by atoms with Crippen LogP contribution in [-0.4, -0.2) is 33.7 Å². The zero-order valence-corrected chi connectivity index (χ0v) is 11.2. The standard InChI is InChI=1S/C14H17N3O2/c1-10-8-13(11(2)19-10)14(18)16-7-4-12(9-16)17-6-3-5-15-17/h3,5-6,8,12H,4,7,9H2,1-2H3. The number of carbonyl (C=O) groups excluding carboxylic acids is 1. The van der Waals surface area contributed by atoms with Gasteiger partial charge in [0.25, 0.3) is 5.91 Å². The summed E-state index contributed by atoms with van der Waals surface area (Å²) in [5.74, 6) is 1.54. The Kier molecular flexibility index (Phi) is 2.89. The highest BCUT2D eigenvalue weighted by molar-refractivity contribution is 5.95. The van der Waals surface area contributed by atoms with Crippen molar-refractivity contribution in [2.75, 3.05) is 13.1 Å². The summed E-state index contributed by atoms with van der Waals surface area (Å²) in [7, 11) is 0. The summed E-state index contributed by atoms with van der Waals surface area (Å²) in [6.07, 6.45) is 4.67. The maximum Gasteiger partial charge on any atom is 0.257 e. The van der Waals surface area contributed by atoms with Crippen LogP contribution in [0.5, 0.6) is 0 Å². The molecule has 0 saturated carbocycles. The Bertz CT molecular complexity index is 586. The first-order valence-corrected chi connectivity index (χ1v) is 6.50. The summed E-state index contributed by atoms with van der Waals surface area (Å²) >= 11 is 0. The number of likely N-dealkylation sites (tertiary alicyclic amines) is 1. The molecule has 1 saturated heterocycles. The molecule has 5 heteroatoms. The van der Waals surface area contributed by atoms with E-state index in [4.69, 9.17) is 4.42 Å². The average molecular weight is 259 g/mol. The van der Waals surface area contributed by atoms with E-state index in [9.17, 15) is 4.79 Å². The highest BCUT2D eigenvalue weighted by Gasteiger charge is 2.29. The van der Waals surface area contributed by atoms with E-state index in [1.54, 1.807) is 6.20 Å². The molecule has 1 aliphatic rings. The van der Waals surface area contributed by atoms with Gasteiger partial charge in [0, 0.05) is 25.5 Å². The number of rotatable bonds is 2. The molecule has 2 aromatic rings. The lowest BCUT2D eigenvalue weighted by Crippen LogP contribution is -2.29.